The summed E-state index contributed by atoms with van der Waals surface area (Å²) in [6.45, 7) is 8.97. The minimum Gasteiger partial charge on any atom is -0.481 e. The van der Waals surface area contributed by atoms with E-state index in [0.29, 0.717) is 145 Å². The number of carbonyl (C=O) groups is 3. The van der Waals surface area contributed by atoms with Crippen molar-refractivity contribution in [3.05, 3.63) is 29.1 Å². The van der Waals surface area contributed by atoms with Crippen LogP contribution in [-0.4, -0.2) is 188 Å². The van der Waals surface area contributed by atoms with Gasteiger partial charge in [0.05, 0.1) is 165 Å². The van der Waals surface area contributed by atoms with E-state index in [-0.39, 0.29) is 45.2 Å². The van der Waals surface area contributed by atoms with Gasteiger partial charge in [-0.25, -0.2) is 13.2 Å². The molecule has 1 amide bonds. The molecular formula is C38H60F5NO17. The van der Waals surface area contributed by atoms with Gasteiger partial charge in [-0.1, -0.05) is 0 Å². The van der Waals surface area contributed by atoms with E-state index < -0.39 is 53.2 Å². The summed E-state index contributed by atoms with van der Waals surface area (Å²) < 4.78 is 135. The number of benzene rings is 1. The maximum atomic E-state index is 13.6. The molecule has 0 aliphatic carbocycles. The average Bonchev–Trinajstić information content (AvgIpc) is 3.25. The van der Waals surface area contributed by atoms with E-state index in [4.69, 9.17) is 61.9 Å². The summed E-state index contributed by atoms with van der Waals surface area (Å²) in [6, 6.07) is 0. The summed E-state index contributed by atoms with van der Waals surface area (Å²) in [4.78, 5) is 33.5. The van der Waals surface area contributed by atoms with Gasteiger partial charge in [0.2, 0.25) is 40.7 Å². The van der Waals surface area contributed by atoms with Gasteiger partial charge in [0.1, 0.15) is 0 Å². The number of nitrogens with one attached hydrogen (secondary N) is 1. The van der Waals surface area contributed by atoms with Crippen LogP contribution in [0.3, 0.4) is 0 Å². The fourth-order valence-corrected chi connectivity index (χ4v) is 4.23. The van der Waals surface area contributed by atoms with Crippen LogP contribution in [0.25, 0.3) is 0 Å². The van der Waals surface area contributed by atoms with E-state index in [2.05, 4.69) is 10.1 Å². The maximum Gasteiger partial charge on any atom is 0.313 e. The van der Waals surface area contributed by atoms with Gasteiger partial charge in [0.25, 0.3) is 0 Å². The van der Waals surface area contributed by atoms with Gasteiger partial charge in [-0.3, -0.25) is 14.4 Å². The van der Waals surface area contributed by atoms with Crippen molar-refractivity contribution in [3.8, 4) is 5.75 Å². The summed E-state index contributed by atoms with van der Waals surface area (Å²) >= 11 is 0. The number of carboxylic acid groups (broad SMARTS) is 1. The molecule has 0 radical (unpaired) electrons. The molecule has 354 valence electrons. The topological polar surface area (TPSA) is 203 Å². The first-order valence-electron chi connectivity index (χ1n) is 19.8. The van der Waals surface area contributed by atoms with Gasteiger partial charge >= 0.3 is 11.9 Å². The van der Waals surface area contributed by atoms with Crippen molar-refractivity contribution in [2.75, 3.05) is 165 Å². The Morgan fingerprint density at radius 2 is 0.656 bits per heavy atom. The highest BCUT2D eigenvalue weighted by atomic mass is 19.2. The number of esters is 1. The molecular weight excluding hydrogens is 837 g/mol. The Morgan fingerprint density at radius 3 is 0.967 bits per heavy atom. The Kier molecular flexibility index (Phi) is 36.3. The SMILES string of the molecule is O=C(O)CCC(=O)NCCCOCCOCCOCCOCCOCCOCCOCCOCCOCCOCCOCCOCCC(=O)Oc1c(F)c(F)c(F)c(F)c1F. The van der Waals surface area contributed by atoms with Crippen LogP contribution in [-0.2, 0) is 71.2 Å². The number of aliphatic carboxylic acids is 1. The van der Waals surface area contributed by atoms with Gasteiger partial charge in [-0.2, -0.15) is 8.78 Å². The van der Waals surface area contributed by atoms with Crippen LogP contribution < -0.4 is 10.1 Å². The molecule has 0 fully saturated rings. The van der Waals surface area contributed by atoms with Gasteiger partial charge < -0.3 is 72.0 Å². The molecule has 1 aromatic carbocycles. The Bertz CT molecular complexity index is 1260. The lowest BCUT2D eigenvalue weighted by Crippen LogP contribution is -2.25. The third-order valence-corrected chi connectivity index (χ3v) is 7.28. The fourth-order valence-electron chi connectivity index (χ4n) is 4.23. The van der Waals surface area contributed by atoms with Crippen molar-refractivity contribution in [2.24, 2.45) is 0 Å². The minimum absolute atomic E-state index is 0.0285. The molecule has 2 N–H and O–H groups in total. The second kappa shape index (κ2) is 39.6. The van der Waals surface area contributed by atoms with E-state index in [1.165, 1.54) is 0 Å². The fraction of sp³-hybridized carbons (Fsp3) is 0.763. The molecule has 18 nitrogen and oxygen atoms in total. The Labute approximate surface area is 351 Å². The van der Waals surface area contributed by atoms with Crippen LogP contribution in [0.1, 0.15) is 25.7 Å². The van der Waals surface area contributed by atoms with Crippen LogP contribution >= 0.6 is 0 Å². The highest BCUT2D eigenvalue weighted by molar-refractivity contribution is 5.80. The van der Waals surface area contributed by atoms with Crippen molar-refractivity contribution in [2.45, 2.75) is 25.7 Å². The Morgan fingerprint density at radius 1 is 0.377 bits per heavy atom. The zero-order valence-corrected chi connectivity index (χ0v) is 34.4. The van der Waals surface area contributed by atoms with Crippen molar-refractivity contribution < 1.29 is 103 Å². The number of amides is 1. The lowest BCUT2D eigenvalue weighted by atomic mass is 10.2. The van der Waals surface area contributed by atoms with E-state index in [1.807, 2.05) is 0 Å². The van der Waals surface area contributed by atoms with Crippen molar-refractivity contribution in [1.82, 2.24) is 5.32 Å². The predicted molar refractivity (Wildman–Crippen MR) is 201 cm³/mol. The normalized spacial score (nSPS) is 11.4. The number of halogens is 5. The number of ether oxygens (including phenoxy) is 13. The number of rotatable bonds is 44. The highest BCUT2D eigenvalue weighted by Crippen LogP contribution is 2.29. The first kappa shape index (κ1) is 55.8. The monoisotopic (exact) mass is 897 g/mol. The summed E-state index contributed by atoms with van der Waals surface area (Å²) in [7, 11) is 0. The van der Waals surface area contributed by atoms with Crippen molar-refractivity contribution >= 4 is 17.8 Å². The summed E-state index contributed by atoms with van der Waals surface area (Å²) in [6.07, 6.45) is -0.0764. The molecule has 0 bridgehead atoms. The minimum atomic E-state index is -2.35. The van der Waals surface area contributed by atoms with Gasteiger partial charge in [-0.15, -0.1) is 0 Å². The van der Waals surface area contributed by atoms with Gasteiger partial charge in [0.15, 0.2) is 0 Å². The van der Waals surface area contributed by atoms with Crippen LogP contribution in [0, 0.1) is 29.1 Å². The lowest BCUT2D eigenvalue weighted by Gasteiger charge is -2.09. The molecule has 0 heterocycles. The molecule has 0 atom stereocenters. The third-order valence-electron chi connectivity index (χ3n) is 7.28. The van der Waals surface area contributed by atoms with Crippen LogP contribution in [0.2, 0.25) is 0 Å². The third kappa shape index (κ3) is 32.2. The Hall–Kier alpha value is -3.20. The first-order valence-corrected chi connectivity index (χ1v) is 19.8. The second-order valence-corrected chi connectivity index (χ2v) is 12.1. The molecule has 0 saturated carbocycles. The summed E-state index contributed by atoms with van der Waals surface area (Å²) in [5.41, 5.74) is 0. The Balaban J connectivity index is 1.70. The van der Waals surface area contributed by atoms with Gasteiger partial charge in [-0.05, 0) is 6.42 Å². The molecule has 1 rings (SSSR count). The maximum absolute atomic E-state index is 13.6. The molecule has 1 aromatic rings. The molecule has 0 saturated heterocycles. The number of hydrogen-bond donors (Lipinski definition) is 2. The van der Waals surface area contributed by atoms with E-state index >= 15 is 0 Å². The van der Waals surface area contributed by atoms with Crippen LogP contribution in [0.4, 0.5) is 22.0 Å². The summed E-state index contributed by atoms with van der Waals surface area (Å²) in [5, 5.41) is 11.2. The van der Waals surface area contributed by atoms with Crippen molar-refractivity contribution in [1.29, 1.82) is 0 Å². The van der Waals surface area contributed by atoms with E-state index in [0.717, 1.165) is 0 Å². The van der Waals surface area contributed by atoms with E-state index in [9.17, 15) is 36.3 Å². The second-order valence-electron chi connectivity index (χ2n) is 12.1. The smallest absolute Gasteiger partial charge is 0.313 e. The molecule has 0 aliphatic rings. The number of carbonyl (C=O) groups excluding carboxylic acids is 2. The van der Waals surface area contributed by atoms with Crippen LogP contribution in [0.15, 0.2) is 0 Å². The van der Waals surface area contributed by atoms with Crippen molar-refractivity contribution in [3.63, 3.8) is 0 Å². The number of carboxylic acids is 1. The predicted octanol–water partition coefficient (Wildman–Crippen LogP) is 2.25. The quantitative estimate of drug-likeness (QED) is 0.0241. The lowest BCUT2D eigenvalue weighted by molar-refractivity contribution is -0.139. The molecule has 0 aromatic heterocycles. The molecule has 61 heavy (non-hydrogen) atoms. The number of hydrogen-bond acceptors (Lipinski definition) is 16. The van der Waals surface area contributed by atoms with E-state index in [1.54, 1.807) is 0 Å². The largest absolute Gasteiger partial charge is 0.481 e. The highest BCUT2D eigenvalue weighted by Gasteiger charge is 2.28. The standard InChI is InChI=1S/C38H60F5NO17/c39-33-34(40)36(42)38(37(43)35(33)41)61-32(48)4-7-50-9-11-52-13-15-54-17-19-56-21-23-58-25-27-60-29-28-59-26-24-57-22-20-55-18-16-53-14-12-51-10-8-49-6-1-5-44-30(45)2-3-31(46)47/h1-29H2,(H,44,45)(H,46,47). The molecule has 0 spiro atoms. The molecule has 23 heteroatoms. The summed E-state index contributed by atoms with van der Waals surface area (Å²) in [5.74, 6) is -15.5. The zero-order chi connectivity index (χ0) is 44.6. The first-order chi connectivity index (χ1) is 29.6. The zero-order valence-electron chi connectivity index (χ0n) is 34.4. The van der Waals surface area contributed by atoms with Crippen LogP contribution in [0.5, 0.6) is 5.75 Å². The van der Waals surface area contributed by atoms with Gasteiger partial charge in [0, 0.05) is 19.6 Å². The molecule has 0 unspecified atom stereocenters. The average molecular weight is 898 g/mol. The molecule has 0 aliphatic heterocycles.